The van der Waals surface area contributed by atoms with Gasteiger partial charge in [-0.1, -0.05) is 20.3 Å². The molecule has 0 amide bonds. The summed E-state index contributed by atoms with van der Waals surface area (Å²) in [5.74, 6) is 0.944. The molecule has 0 spiro atoms. The lowest BCUT2D eigenvalue weighted by atomic mass is 9.47. The molecule has 0 saturated heterocycles. The predicted octanol–water partition coefficient (Wildman–Crippen LogP) is 3.14. The fourth-order valence-corrected chi connectivity index (χ4v) is 5.74. The van der Waals surface area contributed by atoms with Crippen molar-refractivity contribution in [3.05, 3.63) is 0 Å². The van der Waals surface area contributed by atoms with Crippen LogP contribution in [0.25, 0.3) is 0 Å². The Kier molecular flexibility index (Phi) is 2.16. The smallest absolute Gasteiger partial charge is 0.134 e. The molecule has 2 nitrogen and oxygen atoms in total. The van der Waals surface area contributed by atoms with Crippen LogP contribution in [0.1, 0.15) is 58.8 Å². The van der Waals surface area contributed by atoms with Crippen molar-refractivity contribution >= 4 is 12.1 Å². The zero-order valence-corrected chi connectivity index (χ0v) is 10.9. The Morgan fingerprint density at radius 2 is 2.00 bits per heavy atom. The normalized spacial score (nSPS) is 53.3. The van der Waals surface area contributed by atoms with Crippen LogP contribution in [0.3, 0.4) is 0 Å². The standard InChI is InChI=1S/C15H22O2/c1-11-4-7-15-6-3-5-14(11,15)9-12(17)8-13(15,2)10-16/h10-11H,3-9H2,1-2H3/t11-,13?,14-,15+/m1/s1. The van der Waals surface area contributed by atoms with E-state index in [1.165, 1.54) is 25.7 Å². The Labute approximate surface area is 103 Å². The molecule has 3 aliphatic rings. The van der Waals surface area contributed by atoms with Crippen molar-refractivity contribution in [2.24, 2.45) is 22.2 Å². The van der Waals surface area contributed by atoms with Gasteiger partial charge in [-0.05, 0) is 42.4 Å². The molecule has 0 aromatic carbocycles. The van der Waals surface area contributed by atoms with Gasteiger partial charge in [0, 0.05) is 18.3 Å². The van der Waals surface area contributed by atoms with E-state index in [0.717, 1.165) is 19.1 Å². The van der Waals surface area contributed by atoms with Crippen molar-refractivity contribution in [1.29, 1.82) is 0 Å². The Balaban J connectivity index is 2.18. The number of carbonyl (C=O) groups is 2. The van der Waals surface area contributed by atoms with Crippen molar-refractivity contribution < 1.29 is 9.59 Å². The fourth-order valence-electron chi connectivity index (χ4n) is 5.74. The van der Waals surface area contributed by atoms with Crippen LogP contribution in [0.4, 0.5) is 0 Å². The molecule has 3 rings (SSSR count). The van der Waals surface area contributed by atoms with Crippen LogP contribution in [0, 0.1) is 22.2 Å². The summed E-state index contributed by atoms with van der Waals surface area (Å²) < 4.78 is 0. The second kappa shape index (κ2) is 3.21. The largest absolute Gasteiger partial charge is 0.303 e. The quantitative estimate of drug-likeness (QED) is 0.653. The Morgan fingerprint density at radius 1 is 1.24 bits per heavy atom. The minimum atomic E-state index is -0.385. The molecule has 3 saturated carbocycles. The van der Waals surface area contributed by atoms with E-state index in [2.05, 4.69) is 13.8 Å². The van der Waals surface area contributed by atoms with E-state index in [1.807, 2.05) is 0 Å². The van der Waals surface area contributed by atoms with Crippen LogP contribution in [0.15, 0.2) is 0 Å². The van der Waals surface area contributed by atoms with Gasteiger partial charge in [-0.3, -0.25) is 4.79 Å². The molecule has 0 heterocycles. The van der Waals surface area contributed by atoms with E-state index in [1.54, 1.807) is 0 Å². The van der Waals surface area contributed by atoms with Gasteiger partial charge in [-0.2, -0.15) is 0 Å². The third-order valence-corrected chi connectivity index (χ3v) is 6.56. The van der Waals surface area contributed by atoms with Crippen LogP contribution in [-0.4, -0.2) is 12.1 Å². The van der Waals surface area contributed by atoms with Gasteiger partial charge in [-0.25, -0.2) is 0 Å². The first-order chi connectivity index (χ1) is 8.00. The second-order valence-electron chi connectivity index (χ2n) is 6.96. The number of ketones is 1. The molecule has 0 aromatic heterocycles. The van der Waals surface area contributed by atoms with Crippen molar-refractivity contribution in [2.45, 2.75) is 58.8 Å². The number of hydrogen-bond acceptors (Lipinski definition) is 2. The van der Waals surface area contributed by atoms with Gasteiger partial charge in [-0.15, -0.1) is 0 Å². The molecule has 4 atom stereocenters. The molecular weight excluding hydrogens is 212 g/mol. The number of hydrogen-bond donors (Lipinski definition) is 0. The zero-order valence-electron chi connectivity index (χ0n) is 10.9. The van der Waals surface area contributed by atoms with E-state index in [9.17, 15) is 9.59 Å². The highest BCUT2D eigenvalue weighted by molar-refractivity contribution is 5.86. The maximum atomic E-state index is 12.1. The Hall–Kier alpha value is -0.660. The van der Waals surface area contributed by atoms with Gasteiger partial charge >= 0.3 is 0 Å². The monoisotopic (exact) mass is 234 g/mol. The highest BCUT2D eigenvalue weighted by atomic mass is 16.1. The van der Waals surface area contributed by atoms with E-state index in [4.69, 9.17) is 0 Å². The molecule has 0 N–H and O–H groups in total. The Bertz CT molecular complexity index is 388. The van der Waals surface area contributed by atoms with Gasteiger partial charge in [0.1, 0.15) is 12.1 Å². The summed E-state index contributed by atoms with van der Waals surface area (Å²) in [6, 6.07) is 0. The summed E-state index contributed by atoms with van der Waals surface area (Å²) in [5, 5.41) is 0. The Morgan fingerprint density at radius 3 is 2.71 bits per heavy atom. The van der Waals surface area contributed by atoms with Crippen LogP contribution >= 0.6 is 0 Å². The number of carbonyl (C=O) groups excluding carboxylic acids is 2. The first kappa shape index (κ1) is 11.4. The molecular formula is C15H22O2. The van der Waals surface area contributed by atoms with Crippen molar-refractivity contribution in [2.75, 3.05) is 0 Å². The van der Waals surface area contributed by atoms with Gasteiger partial charge < -0.3 is 4.79 Å². The van der Waals surface area contributed by atoms with Gasteiger partial charge in [0.2, 0.25) is 0 Å². The second-order valence-corrected chi connectivity index (χ2v) is 6.96. The third kappa shape index (κ3) is 1.08. The minimum absolute atomic E-state index is 0.148. The molecule has 17 heavy (non-hydrogen) atoms. The van der Waals surface area contributed by atoms with Crippen molar-refractivity contribution in [1.82, 2.24) is 0 Å². The van der Waals surface area contributed by atoms with Crippen LogP contribution in [0.2, 0.25) is 0 Å². The maximum absolute atomic E-state index is 12.1. The molecule has 3 aliphatic carbocycles. The summed E-state index contributed by atoms with van der Waals surface area (Å²) in [7, 11) is 0. The van der Waals surface area contributed by atoms with Crippen LogP contribution < -0.4 is 0 Å². The minimum Gasteiger partial charge on any atom is -0.303 e. The third-order valence-electron chi connectivity index (χ3n) is 6.56. The molecule has 94 valence electrons. The van der Waals surface area contributed by atoms with Gasteiger partial charge in [0.15, 0.2) is 0 Å². The van der Waals surface area contributed by atoms with E-state index in [0.29, 0.717) is 18.1 Å². The average Bonchev–Trinajstić information content (AvgIpc) is 2.77. The lowest BCUT2D eigenvalue weighted by Gasteiger charge is -2.55. The van der Waals surface area contributed by atoms with E-state index >= 15 is 0 Å². The number of rotatable bonds is 1. The van der Waals surface area contributed by atoms with E-state index in [-0.39, 0.29) is 16.2 Å². The van der Waals surface area contributed by atoms with Crippen LogP contribution in [-0.2, 0) is 9.59 Å². The first-order valence-electron chi connectivity index (χ1n) is 6.98. The number of aldehydes is 1. The molecule has 1 unspecified atom stereocenters. The molecule has 0 bridgehead atoms. The zero-order chi connectivity index (χ0) is 12.3. The summed E-state index contributed by atoms with van der Waals surface area (Å²) >= 11 is 0. The molecule has 0 radical (unpaired) electrons. The summed E-state index contributed by atoms with van der Waals surface area (Å²) in [6.07, 6.45) is 8.27. The highest BCUT2D eigenvalue weighted by Gasteiger charge is 2.70. The summed E-state index contributed by atoms with van der Waals surface area (Å²) in [5.41, 5.74) is -0.0728. The van der Waals surface area contributed by atoms with Crippen molar-refractivity contribution in [3.63, 3.8) is 0 Å². The van der Waals surface area contributed by atoms with Gasteiger partial charge in [0.25, 0.3) is 0 Å². The SMILES string of the molecule is C[C@@H]1CC[C@]23CCC[C@@]12CC(=O)CC3(C)C=O. The maximum Gasteiger partial charge on any atom is 0.134 e. The van der Waals surface area contributed by atoms with Gasteiger partial charge in [0.05, 0.1) is 0 Å². The van der Waals surface area contributed by atoms with E-state index < -0.39 is 0 Å². The predicted molar refractivity (Wildman–Crippen MR) is 65.5 cm³/mol. The lowest BCUT2D eigenvalue weighted by molar-refractivity contribution is -0.153. The van der Waals surface area contributed by atoms with Crippen LogP contribution in [0.5, 0.6) is 0 Å². The number of Topliss-reactive ketones (excluding diaryl/α,β-unsaturated/α-hetero) is 1. The fraction of sp³-hybridized carbons (Fsp3) is 0.867. The molecule has 2 heteroatoms. The summed E-state index contributed by atoms with van der Waals surface area (Å²) in [6.45, 7) is 4.35. The van der Waals surface area contributed by atoms with Crippen molar-refractivity contribution in [3.8, 4) is 0 Å². The molecule has 0 aliphatic heterocycles. The lowest BCUT2D eigenvalue weighted by Crippen LogP contribution is -2.54. The summed E-state index contributed by atoms with van der Waals surface area (Å²) in [4.78, 5) is 23.8. The topological polar surface area (TPSA) is 34.1 Å². The first-order valence-corrected chi connectivity index (χ1v) is 6.98. The highest BCUT2D eigenvalue weighted by Crippen LogP contribution is 2.75. The molecule has 3 fully saturated rings. The average molecular weight is 234 g/mol. The molecule has 0 aromatic rings.